The molecule has 0 aliphatic heterocycles. The van der Waals surface area contributed by atoms with E-state index < -0.39 is 21.3 Å². The Labute approximate surface area is 131 Å². The van der Waals surface area contributed by atoms with Crippen LogP contribution in [0.3, 0.4) is 0 Å². The molecule has 0 radical (unpaired) electrons. The van der Waals surface area contributed by atoms with Gasteiger partial charge in [-0.25, -0.2) is 8.93 Å². The second-order valence-corrected chi connectivity index (χ2v) is 8.96. The molecule has 0 aliphatic carbocycles. The predicted molar refractivity (Wildman–Crippen MR) is 84.3 cm³/mol. The maximum Gasteiger partial charge on any atom is 0.307 e. The first-order valence-electron chi connectivity index (χ1n) is 6.10. The van der Waals surface area contributed by atoms with E-state index in [1.54, 1.807) is 6.07 Å². The summed E-state index contributed by atoms with van der Waals surface area (Å²) in [7, 11) is 0.00504. The van der Waals surface area contributed by atoms with E-state index in [1.807, 2.05) is 33.1 Å². The molecule has 0 aromatic carbocycles. The van der Waals surface area contributed by atoms with Crippen LogP contribution in [0.1, 0.15) is 39.0 Å². The van der Waals surface area contributed by atoms with Gasteiger partial charge in [-0.05, 0) is 39.1 Å². The number of hydrogen-bond donors (Lipinski definition) is 1. The van der Waals surface area contributed by atoms with Crippen LogP contribution in [0.5, 0.6) is 0 Å². The van der Waals surface area contributed by atoms with Crippen LogP contribution in [0.25, 0.3) is 0 Å². The third kappa shape index (κ3) is 4.28. The van der Waals surface area contributed by atoms with Gasteiger partial charge in [-0.3, -0.25) is 4.79 Å². The number of methoxy groups -OCH3 is 1. The average molecular weight is 338 g/mol. The molecular weight excluding hydrogens is 318 g/mol. The Hall–Kier alpha value is -0.430. The Bertz CT molecular complexity index is 510. The minimum atomic E-state index is -1.33. The summed E-state index contributed by atoms with van der Waals surface area (Å²) in [4.78, 5) is 12.4. The minimum Gasteiger partial charge on any atom is -0.469 e. The van der Waals surface area contributed by atoms with Crippen molar-refractivity contribution in [3.8, 4) is 0 Å². The summed E-state index contributed by atoms with van der Waals surface area (Å²) in [5.41, 5.74) is -0.823. The van der Waals surface area contributed by atoms with Gasteiger partial charge in [0.05, 0.1) is 39.8 Å². The molecular formula is C13H20ClNO3S2. The SMILES string of the molecule is COC(=O)C[C@](C)(N[S@](=O)C(C)(C)C)c1sccc1Cl. The number of carbonyl (C=O) groups excluding carboxylic acids is 1. The van der Waals surface area contributed by atoms with Crippen LogP contribution in [0, 0.1) is 0 Å². The number of esters is 1. The lowest BCUT2D eigenvalue weighted by molar-refractivity contribution is -0.142. The first kappa shape index (κ1) is 17.6. The molecule has 1 aromatic heterocycles. The number of thiophene rings is 1. The van der Waals surface area contributed by atoms with Crippen molar-refractivity contribution in [3.05, 3.63) is 21.3 Å². The third-order valence-electron chi connectivity index (χ3n) is 2.72. The number of nitrogens with one attached hydrogen (secondary N) is 1. The highest BCUT2D eigenvalue weighted by molar-refractivity contribution is 7.84. The molecule has 0 saturated carbocycles. The average Bonchev–Trinajstić information content (AvgIpc) is 2.74. The molecule has 0 aliphatic rings. The van der Waals surface area contributed by atoms with Crippen molar-refractivity contribution in [3.63, 3.8) is 0 Å². The second kappa shape index (κ2) is 6.56. The molecule has 0 spiro atoms. The van der Waals surface area contributed by atoms with E-state index in [2.05, 4.69) is 4.72 Å². The first-order chi connectivity index (χ1) is 9.10. The molecule has 1 heterocycles. The highest BCUT2D eigenvalue weighted by atomic mass is 35.5. The lowest BCUT2D eigenvalue weighted by Gasteiger charge is -2.32. The van der Waals surface area contributed by atoms with E-state index in [0.717, 1.165) is 4.88 Å². The lowest BCUT2D eigenvalue weighted by atomic mass is 9.97. The van der Waals surface area contributed by atoms with Crippen LogP contribution in [0.4, 0.5) is 0 Å². The third-order valence-corrected chi connectivity index (χ3v) is 6.07. The quantitative estimate of drug-likeness (QED) is 0.839. The van der Waals surface area contributed by atoms with Gasteiger partial charge < -0.3 is 4.74 Å². The number of carbonyl (C=O) groups is 1. The number of hydrogen-bond acceptors (Lipinski definition) is 4. The normalized spacial score (nSPS) is 16.5. The molecule has 0 saturated heterocycles. The molecule has 2 atom stereocenters. The Morgan fingerprint density at radius 2 is 2.05 bits per heavy atom. The van der Waals surface area contributed by atoms with Crippen molar-refractivity contribution < 1.29 is 13.7 Å². The molecule has 0 fully saturated rings. The summed E-state index contributed by atoms with van der Waals surface area (Å²) in [6.07, 6.45) is 0.0611. The Balaban J connectivity index is 3.12. The minimum absolute atomic E-state index is 0.0611. The molecule has 20 heavy (non-hydrogen) atoms. The Morgan fingerprint density at radius 3 is 2.45 bits per heavy atom. The zero-order valence-electron chi connectivity index (χ0n) is 12.3. The van der Waals surface area contributed by atoms with E-state index in [9.17, 15) is 9.00 Å². The predicted octanol–water partition coefficient (Wildman–Crippen LogP) is 3.23. The van der Waals surface area contributed by atoms with E-state index in [4.69, 9.17) is 16.3 Å². The highest BCUT2D eigenvalue weighted by Crippen LogP contribution is 2.36. The fourth-order valence-corrected chi connectivity index (χ4v) is 3.91. The van der Waals surface area contributed by atoms with Gasteiger partial charge >= 0.3 is 5.97 Å². The van der Waals surface area contributed by atoms with Gasteiger partial charge in [-0.1, -0.05) is 11.6 Å². The summed E-state index contributed by atoms with van der Waals surface area (Å²) in [5.74, 6) is -0.379. The summed E-state index contributed by atoms with van der Waals surface area (Å²) < 4.78 is 19.7. The molecule has 1 N–H and O–H groups in total. The van der Waals surface area contributed by atoms with Crippen molar-refractivity contribution in [1.29, 1.82) is 0 Å². The summed E-state index contributed by atoms with van der Waals surface area (Å²) in [5, 5.41) is 2.40. The number of ether oxygens (including phenoxy) is 1. The molecule has 1 rings (SSSR count). The van der Waals surface area contributed by atoms with Gasteiger partial charge in [0.1, 0.15) is 0 Å². The maximum atomic E-state index is 12.4. The van der Waals surface area contributed by atoms with Crippen LogP contribution in [-0.4, -0.2) is 22.0 Å². The largest absolute Gasteiger partial charge is 0.469 e. The van der Waals surface area contributed by atoms with Crippen LogP contribution in [-0.2, 0) is 26.1 Å². The second-order valence-electron chi connectivity index (χ2n) is 5.67. The Kier molecular flexibility index (Phi) is 5.78. The van der Waals surface area contributed by atoms with E-state index in [1.165, 1.54) is 18.4 Å². The molecule has 4 nitrogen and oxygen atoms in total. The van der Waals surface area contributed by atoms with E-state index in [0.29, 0.717) is 5.02 Å². The van der Waals surface area contributed by atoms with Gasteiger partial charge in [-0.2, -0.15) is 0 Å². The van der Waals surface area contributed by atoms with Crippen molar-refractivity contribution in [2.24, 2.45) is 0 Å². The van der Waals surface area contributed by atoms with Gasteiger partial charge in [0.15, 0.2) is 0 Å². The molecule has 0 amide bonds. The first-order valence-corrected chi connectivity index (χ1v) is 8.51. The van der Waals surface area contributed by atoms with Gasteiger partial charge in [0.2, 0.25) is 0 Å². The molecule has 7 heteroatoms. The van der Waals surface area contributed by atoms with Crippen molar-refractivity contribution in [2.45, 2.75) is 44.4 Å². The lowest BCUT2D eigenvalue weighted by Crippen LogP contribution is -2.47. The molecule has 0 unspecified atom stereocenters. The number of halogens is 1. The van der Waals surface area contributed by atoms with Gasteiger partial charge in [-0.15, -0.1) is 11.3 Å². The number of rotatable bonds is 5. The van der Waals surface area contributed by atoms with E-state index >= 15 is 0 Å². The van der Waals surface area contributed by atoms with Crippen molar-refractivity contribution in [1.82, 2.24) is 4.72 Å². The van der Waals surface area contributed by atoms with Crippen LogP contribution >= 0.6 is 22.9 Å². The zero-order chi connectivity index (χ0) is 15.6. The smallest absolute Gasteiger partial charge is 0.307 e. The van der Waals surface area contributed by atoms with Crippen molar-refractivity contribution >= 4 is 39.9 Å². The van der Waals surface area contributed by atoms with Crippen LogP contribution in [0.2, 0.25) is 5.02 Å². The van der Waals surface area contributed by atoms with Crippen LogP contribution in [0.15, 0.2) is 11.4 Å². The van der Waals surface area contributed by atoms with E-state index in [-0.39, 0.29) is 12.4 Å². The Morgan fingerprint density at radius 1 is 1.45 bits per heavy atom. The summed E-state index contributed by atoms with van der Waals surface area (Å²) >= 11 is 7.59. The topological polar surface area (TPSA) is 55.4 Å². The monoisotopic (exact) mass is 337 g/mol. The van der Waals surface area contributed by atoms with Gasteiger partial charge in [0, 0.05) is 4.88 Å². The fraction of sp³-hybridized carbons (Fsp3) is 0.615. The molecule has 0 bridgehead atoms. The molecule has 1 aromatic rings. The summed E-state index contributed by atoms with van der Waals surface area (Å²) in [6.45, 7) is 7.41. The zero-order valence-corrected chi connectivity index (χ0v) is 14.7. The fourth-order valence-electron chi connectivity index (χ4n) is 1.57. The van der Waals surface area contributed by atoms with Gasteiger partial charge in [0.25, 0.3) is 0 Å². The standard InChI is InChI=1S/C13H20ClNO3S2/c1-12(2,3)20(17)15-13(4,8-10(16)18-5)11-9(14)6-7-19-11/h6-7,15H,8H2,1-5H3/t13-,20+/m0/s1. The van der Waals surface area contributed by atoms with Crippen molar-refractivity contribution in [2.75, 3.05) is 7.11 Å². The van der Waals surface area contributed by atoms with Crippen LogP contribution < -0.4 is 4.72 Å². The highest BCUT2D eigenvalue weighted by Gasteiger charge is 2.37. The summed E-state index contributed by atoms with van der Waals surface area (Å²) in [6, 6.07) is 1.76. The maximum absolute atomic E-state index is 12.4. The molecule has 114 valence electrons.